The number of hydrogen-bond donors (Lipinski definition) is 2. The predicted octanol–water partition coefficient (Wildman–Crippen LogP) is 4.05. The van der Waals surface area contributed by atoms with E-state index in [2.05, 4.69) is 24.9 Å². The van der Waals surface area contributed by atoms with Crippen LogP contribution < -0.4 is 0 Å². The van der Waals surface area contributed by atoms with E-state index in [1.807, 2.05) is 60.7 Å². The first-order chi connectivity index (χ1) is 11.8. The van der Waals surface area contributed by atoms with Crippen LogP contribution in [0.2, 0.25) is 0 Å². The molecule has 6 heteroatoms. The van der Waals surface area contributed by atoms with Crippen LogP contribution in [-0.2, 0) is 16.8 Å². The van der Waals surface area contributed by atoms with Crippen molar-refractivity contribution in [1.82, 2.24) is 24.9 Å². The molecule has 2 N–H and O–H groups in total. The third-order valence-corrected chi connectivity index (χ3v) is 3.91. The van der Waals surface area contributed by atoms with Crippen molar-refractivity contribution >= 4 is 46.5 Å². The largest absolute Gasteiger partial charge is 0.355 e. The molecular formula is C19H13CoN5. The van der Waals surface area contributed by atoms with Crippen LogP contribution in [0.5, 0.6) is 0 Å². The Hall–Kier alpha value is -2.96. The summed E-state index contributed by atoms with van der Waals surface area (Å²) < 4.78 is 0. The summed E-state index contributed by atoms with van der Waals surface area (Å²) in [6.07, 6.45) is 9.77. The van der Waals surface area contributed by atoms with Gasteiger partial charge in [-0.25, -0.2) is 15.0 Å². The van der Waals surface area contributed by atoms with Gasteiger partial charge in [-0.1, -0.05) is 0 Å². The van der Waals surface area contributed by atoms with E-state index in [9.17, 15) is 0 Å². The number of nitrogens with one attached hydrogen (secondary N) is 2. The summed E-state index contributed by atoms with van der Waals surface area (Å²) in [6, 6.07) is 12.0. The molecule has 1 radical (unpaired) electrons. The number of imidazole rings is 1. The molecule has 0 amide bonds. The Bertz CT molecular complexity index is 992. The first-order valence-corrected chi connectivity index (χ1v) is 7.71. The Morgan fingerprint density at radius 2 is 1.12 bits per heavy atom. The van der Waals surface area contributed by atoms with Gasteiger partial charge < -0.3 is 9.97 Å². The summed E-state index contributed by atoms with van der Waals surface area (Å²) in [7, 11) is 0. The summed E-state index contributed by atoms with van der Waals surface area (Å²) in [5.74, 6) is 0. The topological polar surface area (TPSA) is 70.2 Å². The van der Waals surface area contributed by atoms with E-state index < -0.39 is 0 Å². The van der Waals surface area contributed by atoms with Crippen molar-refractivity contribution in [3.63, 3.8) is 0 Å². The fourth-order valence-electron chi connectivity index (χ4n) is 2.82. The Labute approximate surface area is 153 Å². The molecule has 0 atom stereocenters. The number of H-pyrrole nitrogens is 2. The van der Waals surface area contributed by atoms with Gasteiger partial charge in [0.1, 0.15) is 5.65 Å². The molecule has 123 valence electrons. The first-order valence-electron chi connectivity index (χ1n) is 7.71. The molecule has 2 aliphatic heterocycles. The zero-order valence-corrected chi connectivity index (χ0v) is 14.1. The van der Waals surface area contributed by atoms with Gasteiger partial charge in [-0.2, -0.15) is 0 Å². The van der Waals surface area contributed by atoms with Crippen LogP contribution in [0.25, 0.3) is 46.5 Å². The molecule has 0 spiro atoms. The normalized spacial score (nSPS) is 12.2. The van der Waals surface area contributed by atoms with Gasteiger partial charge in [0.05, 0.1) is 34.5 Å². The molecular weight excluding hydrogens is 357 g/mol. The van der Waals surface area contributed by atoms with Crippen LogP contribution in [0.1, 0.15) is 22.8 Å². The van der Waals surface area contributed by atoms with E-state index in [0.717, 1.165) is 45.0 Å². The van der Waals surface area contributed by atoms with Crippen LogP contribution in [-0.4, -0.2) is 24.9 Å². The van der Waals surface area contributed by atoms with E-state index in [-0.39, 0.29) is 16.8 Å². The SMILES string of the molecule is C1=Cc2cc3cnc(cc4nc(cc5ccc(cc1n2)[nH]5)C=C4)[nH]3.[Co]. The first kappa shape index (κ1) is 15.6. The van der Waals surface area contributed by atoms with Crippen molar-refractivity contribution in [3.05, 3.63) is 65.4 Å². The molecule has 0 aliphatic carbocycles. The van der Waals surface area contributed by atoms with Gasteiger partial charge in [0.15, 0.2) is 0 Å². The summed E-state index contributed by atoms with van der Waals surface area (Å²) in [5.41, 5.74) is 7.32. The Morgan fingerprint density at radius 1 is 0.600 bits per heavy atom. The molecule has 3 aromatic rings. The zero-order valence-electron chi connectivity index (χ0n) is 13.0. The minimum absolute atomic E-state index is 0. The number of aromatic nitrogens is 5. The second kappa shape index (κ2) is 6.16. The van der Waals surface area contributed by atoms with Gasteiger partial charge in [-0.3, -0.25) is 0 Å². The quantitative estimate of drug-likeness (QED) is 0.432. The summed E-state index contributed by atoms with van der Waals surface area (Å²) in [6.45, 7) is 0. The van der Waals surface area contributed by atoms with Gasteiger partial charge in [0.2, 0.25) is 0 Å². The van der Waals surface area contributed by atoms with Gasteiger partial charge in [0, 0.05) is 33.9 Å². The smallest absolute Gasteiger partial charge is 0.132 e. The number of aromatic amines is 2. The van der Waals surface area contributed by atoms with E-state index in [0.29, 0.717) is 0 Å². The maximum atomic E-state index is 4.61. The average molecular weight is 370 g/mol. The number of nitrogens with zero attached hydrogens (tertiary/aromatic N) is 3. The predicted molar refractivity (Wildman–Crippen MR) is 96.7 cm³/mol. The van der Waals surface area contributed by atoms with Crippen LogP contribution in [0.3, 0.4) is 0 Å². The second-order valence-electron chi connectivity index (χ2n) is 5.76. The van der Waals surface area contributed by atoms with E-state index >= 15 is 0 Å². The van der Waals surface area contributed by atoms with Crippen LogP contribution in [0.15, 0.2) is 42.6 Å². The molecule has 5 nitrogen and oxygen atoms in total. The average Bonchev–Trinajstić information content (AvgIpc) is 3.32. The monoisotopic (exact) mass is 370 g/mol. The Kier molecular flexibility index (Phi) is 3.83. The second-order valence-corrected chi connectivity index (χ2v) is 5.76. The molecule has 0 saturated carbocycles. The molecule has 0 unspecified atom stereocenters. The molecule has 0 fully saturated rings. The van der Waals surface area contributed by atoms with Crippen molar-refractivity contribution in [1.29, 1.82) is 0 Å². The molecule has 5 rings (SSSR count). The van der Waals surface area contributed by atoms with E-state index in [4.69, 9.17) is 0 Å². The molecule has 25 heavy (non-hydrogen) atoms. The Balaban J connectivity index is 0.00000157. The van der Waals surface area contributed by atoms with Crippen molar-refractivity contribution < 1.29 is 16.8 Å². The number of rotatable bonds is 0. The number of fused-ring (bicyclic) bond motifs is 8. The third kappa shape index (κ3) is 3.17. The van der Waals surface area contributed by atoms with E-state index in [1.54, 1.807) is 6.20 Å². The van der Waals surface area contributed by atoms with Crippen molar-refractivity contribution in [3.8, 4) is 0 Å². The van der Waals surface area contributed by atoms with Gasteiger partial charge in [-0.15, -0.1) is 0 Å². The summed E-state index contributed by atoms with van der Waals surface area (Å²) >= 11 is 0. The molecule has 2 aliphatic rings. The molecule has 8 bridgehead atoms. The number of hydrogen-bond acceptors (Lipinski definition) is 3. The fourth-order valence-corrected chi connectivity index (χ4v) is 2.82. The molecule has 3 aromatic heterocycles. The summed E-state index contributed by atoms with van der Waals surface area (Å²) in [5, 5.41) is 0. The minimum atomic E-state index is 0. The molecule has 0 aromatic carbocycles. The zero-order chi connectivity index (χ0) is 15.9. The van der Waals surface area contributed by atoms with E-state index in [1.165, 1.54) is 0 Å². The third-order valence-electron chi connectivity index (χ3n) is 3.91. The van der Waals surface area contributed by atoms with Gasteiger partial charge >= 0.3 is 0 Å². The maximum Gasteiger partial charge on any atom is 0.132 e. The van der Waals surface area contributed by atoms with Crippen LogP contribution in [0, 0.1) is 0 Å². The minimum Gasteiger partial charge on any atom is -0.355 e. The standard InChI is InChI=1S/C19H13N5.Co/c1-2-13-8-15-5-6-17(23-15)10-19-20-11-18(24-19)9-16-4-3-14(22-16)7-12(1)21-13;/h1-11,21H,(H,20,24);. The van der Waals surface area contributed by atoms with Crippen LogP contribution in [0.4, 0.5) is 0 Å². The van der Waals surface area contributed by atoms with Crippen molar-refractivity contribution in [2.24, 2.45) is 0 Å². The molecule has 0 saturated heterocycles. The fraction of sp³-hybridized carbons (Fsp3) is 0. The van der Waals surface area contributed by atoms with Gasteiger partial charge in [-0.05, 0) is 54.6 Å². The molecule has 5 heterocycles. The Morgan fingerprint density at radius 3 is 1.72 bits per heavy atom. The van der Waals surface area contributed by atoms with Gasteiger partial charge in [0.25, 0.3) is 0 Å². The van der Waals surface area contributed by atoms with Crippen LogP contribution >= 0.6 is 0 Å². The summed E-state index contributed by atoms with van der Waals surface area (Å²) in [4.78, 5) is 20.2. The maximum absolute atomic E-state index is 4.61. The van der Waals surface area contributed by atoms with Crippen molar-refractivity contribution in [2.45, 2.75) is 0 Å². The van der Waals surface area contributed by atoms with Crippen molar-refractivity contribution in [2.75, 3.05) is 0 Å².